The third-order valence-corrected chi connectivity index (χ3v) is 5.11. The Morgan fingerprint density at radius 3 is 2.21 bits per heavy atom. The van der Waals surface area contributed by atoms with E-state index in [0.717, 1.165) is 42.8 Å². The largest absolute Gasteiger partial charge is 0.337 e. The van der Waals surface area contributed by atoms with Crippen LogP contribution in [0.1, 0.15) is 45.7 Å². The SMILES string of the molecule is Cc1c(C)c(C(=O)N2CCCC2)n(Cc2c(F)cccc2F)c1C. The van der Waals surface area contributed by atoms with Crippen molar-refractivity contribution in [2.24, 2.45) is 0 Å². The maximum absolute atomic E-state index is 14.1. The van der Waals surface area contributed by atoms with E-state index in [-0.39, 0.29) is 18.0 Å². The first-order chi connectivity index (χ1) is 11.4. The Morgan fingerprint density at radius 1 is 1.04 bits per heavy atom. The quantitative estimate of drug-likeness (QED) is 0.835. The molecule has 2 heterocycles. The highest BCUT2D eigenvalue weighted by atomic mass is 19.1. The third kappa shape index (κ3) is 2.72. The predicted octanol–water partition coefficient (Wildman–Crippen LogP) is 3.98. The van der Waals surface area contributed by atoms with Gasteiger partial charge in [0, 0.05) is 24.3 Å². The summed E-state index contributed by atoms with van der Waals surface area (Å²) in [5.41, 5.74) is 3.30. The molecule has 128 valence electrons. The zero-order valence-electron chi connectivity index (χ0n) is 14.3. The molecule has 1 aliphatic rings. The average molecular weight is 332 g/mol. The lowest BCUT2D eigenvalue weighted by molar-refractivity contribution is 0.0781. The molecule has 3 nitrogen and oxygen atoms in total. The zero-order chi connectivity index (χ0) is 17.4. The monoisotopic (exact) mass is 332 g/mol. The van der Waals surface area contributed by atoms with Crippen molar-refractivity contribution < 1.29 is 13.6 Å². The lowest BCUT2D eigenvalue weighted by Gasteiger charge is -2.19. The molecule has 1 aliphatic heterocycles. The van der Waals surface area contributed by atoms with Crippen LogP contribution in [0, 0.1) is 32.4 Å². The minimum Gasteiger partial charge on any atom is -0.337 e. The second-order valence-electron chi connectivity index (χ2n) is 6.47. The molecule has 0 saturated carbocycles. The number of hydrogen-bond acceptors (Lipinski definition) is 1. The van der Waals surface area contributed by atoms with Crippen molar-refractivity contribution >= 4 is 5.91 Å². The van der Waals surface area contributed by atoms with Crippen molar-refractivity contribution in [1.29, 1.82) is 0 Å². The number of aromatic nitrogens is 1. The summed E-state index contributed by atoms with van der Waals surface area (Å²) in [6.45, 7) is 7.25. The molecule has 0 atom stereocenters. The van der Waals surface area contributed by atoms with Crippen molar-refractivity contribution in [2.45, 2.75) is 40.2 Å². The van der Waals surface area contributed by atoms with E-state index in [0.29, 0.717) is 5.69 Å². The summed E-state index contributed by atoms with van der Waals surface area (Å²) in [5, 5.41) is 0. The Morgan fingerprint density at radius 2 is 1.62 bits per heavy atom. The highest BCUT2D eigenvalue weighted by Crippen LogP contribution is 2.26. The zero-order valence-corrected chi connectivity index (χ0v) is 14.3. The molecule has 0 N–H and O–H groups in total. The lowest BCUT2D eigenvalue weighted by Crippen LogP contribution is -2.30. The molecular weight excluding hydrogens is 310 g/mol. The topological polar surface area (TPSA) is 25.2 Å². The summed E-state index contributed by atoms with van der Waals surface area (Å²) < 4.78 is 29.9. The van der Waals surface area contributed by atoms with Crippen LogP contribution in [0.4, 0.5) is 8.78 Å². The summed E-state index contributed by atoms with van der Waals surface area (Å²) in [6.07, 6.45) is 2.01. The van der Waals surface area contributed by atoms with Crippen LogP contribution in [0.5, 0.6) is 0 Å². The lowest BCUT2D eigenvalue weighted by atomic mass is 10.1. The number of benzene rings is 1. The number of carbonyl (C=O) groups excluding carboxylic acids is 1. The third-order valence-electron chi connectivity index (χ3n) is 5.11. The van der Waals surface area contributed by atoms with Gasteiger partial charge in [0.15, 0.2) is 0 Å². The van der Waals surface area contributed by atoms with Crippen LogP contribution in [-0.2, 0) is 6.54 Å². The fourth-order valence-electron chi connectivity index (χ4n) is 3.41. The minimum absolute atomic E-state index is 0.00827. The molecule has 0 spiro atoms. The van der Waals surface area contributed by atoms with Crippen LogP contribution < -0.4 is 0 Å². The van der Waals surface area contributed by atoms with Gasteiger partial charge in [-0.25, -0.2) is 8.78 Å². The molecule has 1 saturated heterocycles. The molecule has 3 rings (SSSR count). The molecule has 1 amide bonds. The fraction of sp³-hybridized carbons (Fsp3) is 0.421. The molecule has 0 aliphatic carbocycles. The molecule has 1 aromatic carbocycles. The van der Waals surface area contributed by atoms with Crippen molar-refractivity contribution in [2.75, 3.05) is 13.1 Å². The van der Waals surface area contributed by atoms with E-state index in [1.807, 2.05) is 25.7 Å². The van der Waals surface area contributed by atoms with E-state index in [9.17, 15) is 13.6 Å². The summed E-state index contributed by atoms with van der Waals surface area (Å²) in [7, 11) is 0. The fourth-order valence-corrected chi connectivity index (χ4v) is 3.41. The second kappa shape index (κ2) is 6.38. The van der Waals surface area contributed by atoms with Crippen LogP contribution in [0.25, 0.3) is 0 Å². The second-order valence-corrected chi connectivity index (χ2v) is 6.47. The van der Waals surface area contributed by atoms with E-state index in [2.05, 4.69) is 0 Å². The Hall–Kier alpha value is -2.17. The molecule has 1 aromatic heterocycles. The molecular formula is C19H22F2N2O. The van der Waals surface area contributed by atoms with Crippen LogP contribution in [0.2, 0.25) is 0 Å². The normalized spacial score (nSPS) is 14.5. The molecule has 24 heavy (non-hydrogen) atoms. The van der Waals surface area contributed by atoms with Gasteiger partial charge in [0.2, 0.25) is 0 Å². The Labute approximate surface area is 140 Å². The Bertz CT molecular complexity index is 769. The van der Waals surface area contributed by atoms with Gasteiger partial charge in [-0.3, -0.25) is 4.79 Å². The number of likely N-dealkylation sites (tertiary alicyclic amines) is 1. The van der Waals surface area contributed by atoms with Gasteiger partial charge in [0.25, 0.3) is 5.91 Å². The van der Waals surface area contributed by atoms with Crippen molar-refractivity contribution in [3.63, 3.8) is 0 Å². The Kier molecular flexibility index (Phi) is 4.43. The van der Waals surface area contributed by atoms with Crippen molar-refractivity contribution in [3.05, 3.63) is 57.9 Å². The van der Waals surface area contributed by atoms with Gasteiger partial charge < -0.3 is 9.47 Å². The van der Waals surface area contributed by atoms with E-state index in [4.69, 9.17) is 0 Å². The van der Waals surface area contributed by atoms with Crippen LogP contribution in [0.3, 0.4) is 0 Å². The molecule has 0 unspecified atom stereocenters. The van der Waals surface area contributed by atoms with Gasteiger partial charge in [-0.15, -0.1) is 0 Å². The van der Waals surface area contributed by atoms with Gasteiger partial charge >= 0.3 is 0 Å². The van der Waals surface area contributed by atoms with E-state index >= 15 is 0 Å². The van der Waals surface area contributed by atoms with Gasteiger partial charge in [0.05, 0.1) is 6.54 Å². The first kappa shape index (κ1) is 16.7. The van der Waals surface area contributed by atoms with E-state index < -0.39 is 11.6 Å². The number of amides is 1. The van der Waals surface area contributed by atoms with Crippen molar-refractivity contribution in [3.8, 4) is 0 Å². The number of rotatable bonds is 3. The Balaban J connectivity index is 2.07. The molecule has 0 bridgehead atoms. The predicted molar refractivity (Wildman–Crippen MR) is 89.2 cm³/mol. The van der Waals surface area contributed by atoms with Gasteiger partial charge in [-0.2, -0.15) is 0 Å². The summed E-state index contributed by atoms with van der Waals surface area (Å²) >= 11 is 0. The summed E-state index contributed by atoms with van der Waals surface area (Å²) in [6, 6.07) is 3.85. The molecule has 5 heteroatoms. The number of halogens is 2. The maximum atomic E-state index is 14.1. The molecule has 2 aromatic rings. The van der Waals surface area contributed by atoms with Crippen LogP contribution in [-0.4, -0.2) is 28.5 Å². The number of nitrogens with zero attached hydrogens (tertiary/aromatic N) is 2. The number of hydrogen-bond donors (Lipinski definition) is 0. The van der Waals surface area contributed by atoms with Crippen LogP contribution in [0.15, 0.2) is 18.2 Å². The van der Waals surface area contributed by atoms with Gasteiger partial charge in [-0.05, 0) is 56.9 Å². The standard InChI is InChI=1S/C19H22F2N2O/c1-12-13(2)18(19(24)22-9-4-5-10-22)23(14(12)3)11-15-16(20)7-6-8-17(15)21/h6-8H,4-5,9-11H2,1-3H3. The van der Waals surface area contributed by atoms with Crippen molar-refractivity contribution in [1.82, 2.24) is 9.47 Å². The van der Waals surface area contributed by atoms with Crippen LogP contribution >= 0.6 is 0 Å². The molecule has 1 fully saturated rings. The first-order valence-electron chi connectivity index (χ1n) is 8.30. The van der Waals surface area contributed by atoms with E-state index in [1.54, 1.807) is 4.57 Å². The average Bonchev–Trinajstić information content (AvgIpc) is 3.15. The minimum atomic E-state index is -0.585. The molecule has 0 radical (unpaired) electrons. The number of carbonyl (C=O) groups is 1. The van der Waals surface area contributed by atoms with E-state index in [1.165, 1.54) is 18.2 Å². The highest BCUT2D eigenvalue weighted by molar-refractivity contribution is 5.95. The summed E-state index contributed by atoms with van der Waals surface area (Å²) in [5.74, 6) is -1.21. The van der Waals surface area contributed by atoms with Gasteiger partial charge in [-0.1, -0.05) is 6.07 Å². The maximum Gasteiger partial charge on any atom is 0.270 e. The smallest absolute Gasteiger partial charge is 0.270 e. The highest BCUT2D eigenvalue weighted by Gasteiger charge is 2.27. The summed E-state index contributed by atoms with van der Waals surface area (Å²) in [4.78, 5) is 14.8. The van der Waals surface area contributed by atoms with Gasteiger partial charge in [0.1, 0.15) is 17.3 Å². The first-order valence-corrected chi connectivity index (χ1v) is 8.30.